The summed E-state index contributed by atoms with van der Waals surface area (Å²) in [6, 6.07) is 10.5. The van der Waals surface area contributed by atoms with E-state index in [1.807, 2.05) is 0 Å². The van der Waals surface area contributed by atoms with Crippen LogP contribution >= 0.6 is 0 Å². The van der Waals surface area contributed by atoms with Gasteiger partial charge in [-0.2, -0.15) is 5.10 Å². The summed E-state index contributed by atoms with van der Waals surface area (Å²) in [7, 11) is 3.06. The number of rotatable bonds is 4. The van der Waals surface area contributed by atoms with Crippen molar-refractivity contribution in [2.75, 3.05) is 7.11 Å². The van der Waals surface area contributed by atoms with Crippen molar-refractivity contribution < 1.29 is 9.53 Å². The summed E-state index contributed by atoms with van der Waals surface area (Å²) in [5.74, 6) is 0.130. The van der Waals surface area contributed by atoms with Gasteiger partial charge < -0.3 is 10.1 Å². The lowest BCUT2D eigenvalue weighted by molar-refractivity contribution is 0.0945. The average molecular weight is 324 g/mol. The second-order valence-corrected chi connectivity index (χ2v) is 5.21. The van der Waals surface area contributed by atoms with E-state index in [1.54, 1.807) is 42.6 Å². The lowest BCUT2D eigenvalue weighted by Crippen LogP contribution is -2.29. The highest BCUT2D eigenvalue weighted by atomic mass is 16.5. The van der Waals surface area contributed by atoms with Crippen LogP contribution in [0.15, 0.2) is 47.4 Å². The molecule has 0 aliphatic carbocycles. The van der Waals surface area contributed by atoms with E-state index in [-0.39, 0.29) is 17.2 Å². The molecule has 1 amide bonds. The molecule has 7 nitrogen and oxygen atoms in total. The van der Waals surface area contributed by atoms with Crippen LogP contribution in [0.5, 0.6) is 5.88 Å². The fourth-order valence-electron chi connectivity index (χ4n) is 2.41. The van der Waals surface area contributed by atoms with Gasteiger partial charge in [0.2, 0.25) is 5.88 Å². The van der Waals surface area contributed by atoms with E-state index in [4.69, 9.17) is 4.74 Å². The van der Waals surface area contributed by atoms with Crippen molar-refractivity contribution in [1.82, 2.24) is 20.1 Å². The minimum atomic E-state index is -0.349. The quantitative estimate of drug-likeness (QED) is 0.781. The highest BCUT2D eigenvalue weighted by Gasteiger charge is 2.15. The molecule has 2 heterocycles. The van der Waals surface area contributed by atoms with Crippen LogP contribution in [0, 0.1) is 0 Å². The third-order valence-electron chi connectivity index (χ3n) is 3.63. The van der Waals surface area contributed by atoms with Gasteiger partial charge in [-0.25, -0.2) is 9.67 Å². The van der Waals surface area contributed by atoms with Gasteiger partial charge in [0.15, 0.2) is 5.69 Å². The minimum Gasteiger partial charge on any atom is -0.481 e. The Kier molecular flexibility index (Phi) is 4.24. The van der Waals surface area contributed by atoms with E-state index < -0.39 is 0 Å². The molecule has 3 aromatic rings. The predicted octanol–water partition coefficient (Wildman–Crippen LogP) is 1.27. The van der Waals surface area contributed by atoms with Crippen molar-refractivity contribution in [2.24, 2.45) is 7.05 Å². The number of carbonyl (C=O) groups is 1. The molecule has 1 aromatic carbocycles. The number of methoxy groups -OCH3 is 1. The number of nitrogens with zero attached hydrogens (tertiary/aromatic N) is 3. The van der Waals surface area contributed by atoms with Gasteiger partial charge >= 0.3 is 0 Å². The Morgan fingerprint density at radius 1 is 1.25 bits per heavy atom. The molecule has 2 aromatic heterocycles. The maximum absolute atomic E-state index is 12.5. The van der Waals surface area contributed by atoms with Crippen LogP contribution in [0.4, 0.5) is 0 Å². The Labute approximate surface area is 137 Å². The Bertz CT molecular complexity index is 965. The number of benzene rings is 1. The highest BCUT2D eigenvalue weighted by Crippen LogP contribution is 2.13. The predicted molar refractivity (Wildman–Crippen MR) is 88.9 cm³/mol. The molecule has 0 unspecified atom stereocenters. The molecule has 0 saturated carbocycles. The Morgan fingerprint density at radius 3 is 2.75 bits per heavy atom. The van der Waals surface area contributed by atoms with Crippen LogP contribution in [0.3, 0.4) is 0 Å². The Hall–Kier alpha value is -3.22. The fourth-order valence-corrected chi connectivity index (χ4v) is 2.41. The molecule has 1 N–H and O–H groups in total. The van der Waals surface area contributed by atoms with E-state index in [9.17, 15) is 9.59 Å². The number of ether oxygens (including phenoxy) is 1. The van der Waals surface area contributed by atoms with Crippen LogP contribution in [0.2, 0.25) is 0 Å². The van der Waals surface area contributed by atoms with Gasteiger partial charge in [-0.15, -0.1) is 0 Å². The molecule has 0 spiro atoms. The number of carbonyl (C=O) groups excluding carboxylic acids is 1. The zero-order valence-corrected chi connectivity index (χ0v) is 13.3. The van der Waals surface area contributed by atoms with E-state index in [1.165, 1.54) is 18.8 Å². The largest absolute Gasteiger partial charge is 0.481 e. The van der Waals surface area contributed by atoms with Gasteiger partial charge in [0, 0.05) is 31.2 Å². The molecule has 0 atom stereocenters. The maximum atomic E-state index is 12.5. The third-order valence-corrected chi connectivity index (χ3v) is 3.63. The van der Waals surface area contributed by atoms with Gasteiger partial charge in [-0.05, 0) is 17.7 Å². The number of aryl methyl sites for hydroxylation is 1. The lowest BCUT2D eigenvalue weighted by Gasteiger charge is -2.09. The summed E-state index contributed by atoms with van der Waals surface area (Å²) >= 11 is 0. The molecule has 0 fully saturated rings. The van der Waals surface area contributed by atoms with Gasteiger partial charge in [0.25, 0.3) is 11.5 Å². The monoisotopic (exact) mass is 324 g/mol. The van der Waals surface area contributed by atoms with Crippen molar-refractivity contribution in [1.29, 1.82) is 0 Å². The topological polar surface area (TPSA) is 86.1 Å². The van der Waals surface area contributed by atoms with Crippen LogP contribution in [0.25, 0.3) is 10.8 Å². The smallest absolute Gasteiger partial charge is 0.274 e. The number of nitrogens with one attached hydrogen (secondary N) is 1. The SMILES string of the molecule is COc1cc(CNC(=O)c2nn(C)c(=O)c3ccccc23)ccn1. The molecule has 0 bridgehead atoms. The number of amides is 1. The number of hydrogen-bond donors (Lipinski definition) is 1. The number of aromatic nitrogens is 3. The molecule has 0 aliphatic rings. The summed E-state index contributed by atoms with van der Waals surface area (Å²) in [5, 5.41) is 7.90. The van der Waals surface area contributed by atoms with E-state index in [0.717, 1.165) is 5.56 Å². The number of hydrogen-bond acceptors (Lipinski definition) is 5. The molecular formula is C17H16N4O3. The maximum Gasteiger partial charge on any atom is 0.274 e. The van der Waals surface area contributed by atoms with E-state index in [2.05, 4.69) is 15.4 Å². The fraction of sp³-hybridized carbons (Fsp3) is 0.176. The highest BCUT2D eigenvalue weighted by molar-refractivity contribution is 6.04. The molecule has 3 rings (SSSR count). The zero-order chi connectivity index (χ0) is 17.1. The normalized spacial score (nSPS) is 10.6. The van der Waals surface area contributed by atoms with Crippen LogP contribution < -0.4 is 15.6 Å². The van der Waals surface area contributed by atoms with Crippen molar-refractivity contribution in [3.8, 4) is 5.88 Å². The van der Waals surface area contributed by atoms with Gasteiger partial charge in [0.1, 0.15) is 0 Å². The van der Waals surface area contributed by atoms with Crippen molar-refractivity contribution in [3.05, 3.63) is 64.2 Å². The molecule has 0 saturated heterocycles. The summed E-state index contributed by atoms with van der Waals surface area (Å²) in [6.07, 6.45) is 1.61. The zero-order valence-electron chi connectivity index (χ0n) is 13.3. The molecular weight excluding hydrogens is 308 g/mol. The summed E-state index contributed by atoms with van der Waals surface area (Å²) < 4.78 is 6.23. The van der Waals surface area contributed by atoms with E-state index >= 15 is 0 Å². The molecule has 0 aliphatic heterocycles. The number of fused-ring (bicyclic) bond motifs is 1. The van der Waals surface area contributed by atoms with Crippen molar-refractivity contribution in [2.45, 2.75) is 6.54 Å². The van der Waals surface area contributed by atoms with Crippen LogP contribution in [-0.2, 0) is 13.6 Å². The first-order valence-electron chi connectivity index (χ1n) is 7.33. The van der Waals surface area contributed by atoms with E-state index in [0.29, 0.717) is 23.2 Å². The Morgan fingerprint density at radius 2 is 2.00 bits per heavy atom. The summed E-state index contributed by atoms with van der Waals surface area (Å²) in [5.41, 5.74) is 0.832. The first-order chi connectivity index (χ1) is 11.6. The minimum absolute atomic E-state index is 0.216. The van der Waals surface area contributed by atoms with Crippen LogP contribution in [0.1, 0.15) is 16.1 Å². The number of pyridine rings is 1. The van der Waals surface area contributed by atoms with Gasteiger partial charge in [-0.3, -0.25) is 9.59 Å². The van der Waals surface area contributed by atoms with Gasteiger partial charge in [-0.1, -0.05) is 18.2 Å². The lowest BCUT2D eigenvalue weighted by atomic mass is 10.1. The molecule has 0 radical (unpaired) electrons. The standard InChI is InChI=1S/C17H16N4O3/c1-21-17(23)13-6-4-3-5-12(13)15(20-21)16(22)19-10-11-7-8-18-14(9-11)24-2/h3-9H,10H2,1-2H3,(H,19,22). The second kappa shape index (κ2) is 6.49. The summed E-state index contributed by atoms with van der Waals surface area (Å²) in [6.45, 7) is 0.302. The molecule has 7 heteroatoms. The van der Waals surface area contributed by atoms with Gasteiger partial charge in [0.05, 0.1) is 12.5 Å². The van der Waals surface area contributed by atoms with Crippen molar-refractivity contribution in [3.63, 3.8) is 0 Å². The first-order valence-corrected chi connectivity index (χ1v) is 7.33. The van der Waals surface area contributed by atoms with Crippen molar-refractivity contribution >= 4 is 16.7 Å². The third kappa shape index (κ3) is 2.96. The first kappa shape index (κ1) is 15.7. The second-order valence-electron chi connectivity index (χ2n) is 5.21. The van der Waals surface area contributed by atoms with Crippen LogP contribution in [-0.4, -0.2) is 27.8 Å². The molecule has 122 valence electrons. The summed E-state index contributed by atoms with van der Waals surface area (Å²) in [4.78, 5) is 28.6. The average Bonchev–Trinajstić information content (AvgIpc) is 2.63. The Balaban J connectivity index is 1.89. The molecule has 24 heavy (non-hydrogen) atoms.